The summed E-state index contributed by atoms with van der Waals surface area (Å²) in [4.78, 5) is 36.2. The van der Waals surface area contributed by atoms with Gasteiger partial charge in [0.15, 0.2) is 6.61 Å². The minimum Gasteiger partial charge on any atom is -0.496 e. The lowest BCUT2D eigenvalue weighted by Gasteiger charge is -2.16. The fourth-order valence-corrected chi connectivity index (χ4v) is 1.68. The average molecular weight is 308 g/mol. The molecular weight excluding hydrogens is 288 g/mol. The molecule has 22 heavy (non-hydrogen) atoms. The van der Waals surface area contributed by atoms with Crippen LogP contribution >= 0.6 is 0 Å². The Hall–Kier alpha value is -2.57. The minimum atomic E-state index is -0.651. The zero-order chi connectivity index (χ0) is 16.7. The lowest BCUT2D eigenvalue weighted by Crippen LogP contribution is -2.39. The summed E-state index contributed by atoms with van der Waals surface area (Å²) in [6, 6.07) is 5.09. The Labute approximate surface area is 129 Å². The molecule has 1 rings (SSSR count). The molecule has 7 heteroatoms. The zero-order valence-electron chi connectivity index (χ0n) is 13.1. The maximum absolute atomic E-state index is 12.0. The Balaban J connectivity index is 2.64. The molecule has 0 radical (unpaired) electrons. The summed E-state index contributed by atoms with van der Waals surface area (Å²) in [5.74, 6) is -1.05. The van der Waals surface area contributed by atoms with Crippen LogP contribution in [0.3, 0.4) is 0 Å². The van der Waals surface area contributed by atoms with E-state index in [1.165, 1.54) is 26.1 Å². The SMILES string of the molecule is CNC(=O)CN(C)C(=O)COC(=O)c1cc(C)ccc1OC. The van der Waals surface area contributed by atoms with Gasteiger partial charge in [-0.1, -0.05) is 11.6 Å². The number of rotatable bonds is 6. The molecule has 0 atom stereocenters. The number of nitrogens with zero attached hydrogens (tertiary/aromatic N) is 1. The average Bonchev–Trinajstić information content (AvgIpc) is 2.51. The summed E-state index contributed by atoms with van der Waals surface area (Å²) >= 11 is 0. The number of hydrogen-bond donors (Lipinski definition) is 1. The Morgan fingerprint density at radius 1 is 1.27 bits per heavy atom. The first-order valence-electron chi connectivity index (χ1n) is 6.65. The van der Waals surface area contributed by atoms with Crippen LogP contribution in [-0.2, 0) is 14.3 Å². The number of ether oxygens (including phenoxy) is 2. The van der Waals surface area contributed by atoms with Crippen molar-refractivity contribution in [2.75, 3.05) is 34.4 Å². The Morgan fingerprint density at radius 3 is 2.55 bits per heavy atom. The van der Waals surface area contributed by atoms with Gasteiger partial charge >= 0.3 is 5.97 Å². The number of amides is 2. The molecule has 0 saturated heterocycles. The summed E-state index contributed by atoms with van der Waals surface area (Å²) < 4.78 is 10.1. The molecule has 1 N–H and O–H groups in total. The largest absolute Gasteiger partial charge is 0.496 e. The van der Waals surface area contributed by atoms with Crippen LogP contribution in [0.5, 0.6) is 5.75 Å². The van der Waals surface area contributed by atoms with Crippen molar-refractivity contribution >= 4 is 17.8 Å². The van der Waals surface area contributed by atoms with Crippen molar-refractivity contribution in [2.45, 2.75) is 6.92 Å². The van der Waals surface area contributed by atoms with Crippen molar-refractivity contribution in [3.05, 3.63) is 29.3 Å². The Kier molecular flexibility index (Phi) is 6.37. The van der Waals surface area contributed by atoms with E-state index in [-0.39, 0.29) is 18.0 Å². The summed E-state index contributed by atoms with van der Waals surface area (Å²) in [7, 11) is 4.38. The van der Waals surface area contributed by atoms with E-state index >= 15 is 0 Å². The standard InChI is InChI=1S/C15H20N2O5/c1-10-5-6-12(21-4)11(7-10)15(20)22-9-14(19)17(3)8-13(18)16-2/h5-7H,8-9H2,1-4H3,(H,16,18). The van der Waals surface area contributed by atoms with Gasteiger partial charge in [0.05, 0.1) is 13.7 Å². The lowest BCUT2D eigenvalue weighted by molar-refractivity contribution is -0.137. The molecule has 0 saturated carbocycles. The summed E-state index contributed by atoms with van der Waals surface area (Å²) in [5, 5.41) is 2.41. The van der Waals surface area contributed by atoms with Crippen LogP contribution in [0.4, 0.5) is 0 Å². The predicted molar refractivity (Wildman–Crippen MR) is 79.7 cm³/mol. The molecule has 0 unspecified atom stereocenters. The van der Waals surface area contributed by atoms with Crippen LogP contribution in [0.25, 0.3) is 0 Å². The molecule has 0 heterocycles. The van der Waals surface area contributed by atoms with Gasteiger partial charge in [-0.3, -0.25) is 9.59 Å². The third-order valence-corrected chi connectivity index (χ3v) is 2.99. The van der Waals surface area contributed by atoms with Gasteiger partial charge in [-0.05, 0) is 19.1 Å². The molecule has 1 aromatic carbocycles. The first-order valence-corrected chi connectivity index (χ1v) is 6.65. The highest BCUT2D eigenvalue weighted by Crippen LogP contribution is 2.20. The van der Waals surface area contributed by atoms with Gasteiger partial charge in [0.2, 0.25) is 5.91 Å². The molecule has 120 valence electrons. The minimum absolute atomic E-state index is 0.0966. The normalized spacial score (nSPS) is 9.82. The van der Waals surface area contributed by atoms with E-state index in [2.05, 4.69) is 5.32 Å². The highest BCUT2D eigenvalue weighted by Gasteiger charge is 2.18. The first kappa shape index (κ1) is 17.5. The van der Waals surface area contributed by atoms with E-state index in [0.29, 0.717) is 5.75 Å². The van der Waals surface area contributed by atoms with Crippen molar-refractivity contribution in [3.8, 4) is 5.75 Å². The molecule has 7 nitrogen and oxygen atoms in total. The number of carbonyl (C=O) groups is 3. The van der Waals surface area contributed by atoms with Gasteiger partial charge in [0.25, 0.3) is 5.91 Å². The monoisotopic (exact) mass is 308 g/mol. The van der Waals surface area contributed by atoms with Crippen LogP contribution in [0.1, 0.15) is 15.9 Å². The van der Waals surface area contributed by atoms with E-state index < -0.39 is 18.5 Å². The van der Waals surface area contributed by atoms with Gasteiger partial charge in [0.1, 0.15) is 11.3 Å². The van der Waals surface area contributed by atoms with Crippen LogP contribution in [-0.4, -0.2) is 57.0 Å². The van der Waals surface area contributed by atoms with E-state index in [1.54, 1.807) is 18.2 Å². The second-order valence-electron chi connectivity index (χ2n) is 4.70. The molecule has 1 aromatic rings. The first-order chi connectivity index (χ1) is 10.4. The van der Waals surface area contributed by atoms with Gasteiger partial charge in [-0.2, -0.15) is 0 Å². The number of likely N-dealkylation sites (N-methyl/N-ethyl adjacent to an activating group) is 2. The molecule has 2 amide bonds. The van der Waals surface area contributed by atoms with Crippen LogP contribution in [0.2, 0.25) is 0 Å². The van der Waals surface area contributed by atoms with E-state index in [4.69, 9.17) is 9.47 Å². The van der Waals surface area contributed by atoms with Crippen LogP contribution in [0.15, 0.2) is 18.2 Å². The second kappa shape index (κ2) is 8.02. The Morgan fingerprint density at radius 2 is 1.95 bits per heavy atom. The molecule has 0 aromatic heterocycles. The molecule has 0 bridgehead atoms. The second-order valence-corrected chi connectivity index (χ2v) is 4.70. The number of aryl methyl sites for hydroxylation is 1. The van der Waals surface area contributed by atoms with Gasteiger partial charge in [-0.25, -0.2) is 4.79 Å². The van der Waals surface area contributed by atoms with E-state index in [1.807, 2.05) is 6.92 Å². The number of hydrogen-bond acceptors (Lipinski definition) is 5. The molecule has 0 spiro atoms. The number of methoxy groups -OCH3 is 1. The summed E-state index contributed by atoms with van der Waals surface area (Å²) in [5.41, 5.74) is 1.13. The molecule has 0 aliphatic heterocycles. The van der Waals surface area contributed by atoms with Crippen molar-refractivity contribution in [3.63, 3.8) is 0 Å². The highest BCUT2D eigenvalue weighted by atomic mass is 16.5. The van der Waals surface area contributed by atoms with Crippen molar-refractivity contribution in [2.24, 2.45) is 0 Å². The summed E-state index contributed by atoms with van der Waals surface area (Å²) in [6.45, 7) is 1.29. The number of benzene rings is 1. The molecule has 0 aliphatic rings. The van der Waals surface area contributed by atoms with Crippen molar-refractivity contribution in [1.82, 2.24) is 10.2 Å². The van der Waals surface area contributed by atoms with Gasteiger partial charge in [-0.15, -0.1) is 0 Å². The highest BCUT2D eigenvalue weighted by molar-refractivity contribution is 5.94. The fourth-order valence-electron chi connectivity index (χ4n) is 1.68. The maximum atomic E-state index is 12.0. The lowest BCUT2D eigenvalue weighted by atomic mass is 10.1. The number of nitrogens with one attached hydrogen (secondary N) is 1. The zero-order valence-corrected chi connectivity index (χ0v) is 13.1. The van der Waals surface area contributed by atoms with E-state index in [0.717, 1.165) is 5.56 Å². The van der Waals surface area contributed by atoms with Gasteiger partial charge < -0.3 is 19.7 Å². The van der Waals surface area contributed by atoms with E-state index in [9.17, 15) is 14.4 Å². The molecule has 0 aliphatic carbocycles. The fraction of sp³-hybridized carbons (Fsp3) is 0.400. The Bertz CT molecular complexity index is 571. The third kappa shape index (κ3) is 4.76. The van der Waals surface area contributed by atoms with Crippen molar-refractivity contribution in [1.29, 1.82) is 0 Å². The topological polar surface area (TPSA) is 84.9 Å². The molecular formula is C15H20N2O5. The van der Waals surface area contributed by atoms with Crippen LogP contribution < -0.4 is 10.1 Å². The summed E-state index contributed by atoms with van der Waals surface area (Å²) in [6.07, 6.45) is 0. The maximum Gasteiger partial charge on any atom is 0.342 e. The smallest absolute Gasteiger partial charge is 0.342 e. The van der Waals surface area contributed by atoms with Crippen molar-refractivity contribution < 1.29 is 23.9 Å². The number of esters is 1. The number of carbonyl (C=O) groups excluding carboxylic acids is 3. The van der Waals surface area contributed by atoms with Crippen LogP contribution in [0, 0.1) is 6.92 Å². The van der Waals surface area contributed by atoms with Gasteiger partial charge in [0, 0.05) is 14.1 Å². The third-order valence-electron chi connectivity index (χ3n) is 2.99. The quantitative estimate of drug-likeness (QED) is 0.767. The predicted octanol–water partition coefficient (Wildman–Crippen LogP) is 0.365. The molecule has 0 fully saturated rings.